The molecule has 0 N–H and O–H groups in total. The lowest BCUT2D eigenvalue weighted by atomic mass is 10.3. The maximum atomic E-state index is 11.6. The van der Waals surface area contributed by atoms with Crippen molar-refractivity contribution in [2.24, 2.45) is 0 Å². The summed E-state index contributed by atoms with van der Waals surface area (Å²) in [4.78, 5) is 11.2. The molecule has 0 amide bonds. The molecule has 1 aromatic carbocycles. The number of ether oxygens (including phenoxy) is 1. The summed E-state index contributed by atoms with van der Waals surface area (Å²) in [6.45, 7) is -0.323. The molecule has 0 heterocycles. The summed E-state index contributed by atoms with van der Waals surface area (Å²) in [5.74, 6) is -0.603. The van der Waals surface area contributed by atoms with Gasteiger partial charge in [-0.2, -0.15) is 0 Å². The number of sulfonamides is 1. The van der Waals surface area contributed by atoms with E-state index in [1.165, 1.54) is 7.11 Å². The van der Waals surface area contributed by atoms with Crippen molar-refractivity contribution in [3.05, 3.63) is 27.8 Å². The summed E-state index contributed by atoms with van der Waals surface area (Å²) >= 11 is 2.11. The fraction of sp³-hybridized carbons (Fsp3) is 0.300. The first-order valence-corrected chi connectivity index (χ1v) is 7.57. The summed E-state index contributed by atoms with van der Waals surface area (Å²) in [5.41, 5.74) is 0.443. The predicted octanol–water partition coefficient (Wildman–Crippen LogP) is 1.23. The van der Waals surface area contributed by atoms with Crippen LogP contribution in [0.2, 0.25) is 0 Å². The minimum absolute atomic E-state index is 0.323. The number of benzene rings is 1. The molecule has 0 aromatic heterocycles. The maximum absolute atomic E-state index is 11.6. The monoisotopic (exact) mass is 369 g/mol. The number of hydrogen-bond acceptors (Lipinski definition) is 4. The highest BCUT2D eigenvalue weighted by Gasteiger charge is 2.20. The molecule has 0 saturated heterocycles. The lowest BCUT2D eigenvalue weighted by Gasteiger charge is -2.20. The summed E-state index contributed by atoms with van der Waals surface area (Å²) in [6, 6.07) is 6.83. The van der Waals surface area contributed by atoms with Crippen molar-refractivity contribution in [3.63, 3.8) is 0 Å². The van der Waals surface area contributed by atoms with E-state index in [1.807, 2.05) is 0 Å². The molecule has 0 aliphatic rings. The minimum Gasteiger partial charge on any atom is -0.468 e. The first-order chi connectivity index (χ1) is 7.84. The molecule has 0 saturated carbocycles. The van der Waals surface area contributed by atoms with Gasteiger partial charge in [-0.05, 0) is 46.9 Å². The lowest BCUT2D eigenvalue weighted by Crippen LogP contribution is -2.35. The molecular weight excluding hydrogens is 357 g/mol. The van der Waals surface area contributed by atoms with E-state index in [0.29, 0.717) is 5.69 Å². The van der Waals surface area contributed by atoms with E-state index in [1.54, 1.807) is 24.3 Å². The highest BCUT2D eigenvalue weighted by atomic mass is 127. The van der Waals surface area contributed by atoms with Crippen LogP contribution in [-0.4, -0.2) is 34.3 Å². The van der Waals surface area contributed by atoms with E-state index >= 15 is 0 Å². The second-order valence-corrected chi connectivity index (χ2v) is 6.47. The first-order valence-electron chi connectivity index (χ1n) is 4.64. The van der Waals surface area contributed by atoms with Gasteiger partial charge in [0, 0.05) is 3.57 Å². The Labute approximate surface area is 114 Å². The quantitative estimate of drug-likeness (QED) is 0.592. The lowest BCUT2D eigenvalue weighted by molar-refractivity contribution is -0.138. The number of carbonyl (C=O) groups excluding carboxylic acids is 1. The smallest absolute Gasteiger partial charge is 0.326 e. The van der Waals surface area contributed by atoms with Crippen LogP contribution < -0.4 is 4.31 Å². The van der Waals surface area contributed by atoms with E-state index in [0.717, 1.165) is 14.1 Å². The molecule has 0 atom stereocenters. The first kappa shape index (κ1) is 14.2. The van der Waals surface area contributed by atoms with Crippen molar-refractivity contribution in [1.82, 2.24) is 0 Å². The molecule has 0 fully saturated rings. The van der Waals surface area contributed by atoms with Gasteiger partial charge in [0.05, 0.1) is 19.1 Å². The fourth-order valence-corrected chi connectivity index (χ4v) is 2.39. The van der Waals surface area contributed by atoms with Crippen LogP contribution in [0.1, 0.15) is 0 Å². The molecule has 0 aliphatic carbocycles. The average Bonchev–Trinajstić information content (AvgIpc) is 2.25. The molecule has 0 spiro atoms. The molecular formula is C10H12INO4S. The molecule has 0 unspecified atom stereocenters. The van der Waals surface area contributed by atoms with Gasteiger partial charge in [0.15, 0.2) is 0 Å². The van der Waals surface area contributed by atoms with Gasteiger partial charge in [0.25, 0.3) is 0 Å². The third-order valence-electron chi connectivity index (χ3n) is 2.02. The Morgan fingerprint density at radius 3 is 2.29 bits per heavy atom. The Morgan fingerprint density at radius 2 is 1.88 bits per heavy atom. The topological polar surface area (TPSA) is 63.7 Å². The molecule has 17 heavy (non-hydrogen) atoms. The molecule has 1 aromatic rings. The average molecular weight is 369 g/mol. The zero-order valence-corrected chi connectivity index (χ0v) is 12.4. The van der Waals surface area contributed by atoms with Crippen molar-refractivity contribution in [3.8, 4) is 0 Å². The van der Waals surface area contributed by atoms with Gasteiger partial charge >= 0.3 is 5.97 Å². The van der Waals surface area contributed by atoms with Crippen LogP contribution in [0, 0.1) is 3.57 Å². The summed E-state index contributed by atoms with van der Waals surface area (Å²) < 4.78 is 29.6. The number of carbonyl (C=O) groups is 1. The van der Waals surface area contributed by atoms with Gasteiger partial charge in [-0.25, -0.2) is 8.42 Å². The van der Waals surface area contributed by atoms with Crippen LogP contribution >= 0.6 is 22.6 Å². The normalized spacial score (nSPS) is 11.0. The third-order valence-corrected chi connectivity index (χ3v) is 3.88. The van der Waals surface area contributed by atoms with Crippen molar-refractivity contribution < 1.29 is 17.9 Å². The molecule has 0 bridgehead atoms. The number of anilines is 1. The van der Waals surface area contributed by atoms with E-state index in [-0.39, 0.29) is 6.54 Å². The van der Waals surface area contributed by atoms with Crippen LogP contribution in [0.4, 0.5) is 5.69 Å². The predicted molar refractivity (Wildman–Crippen MR) is 73.4 cm³/mol. The Hall–Kier alpha value is -0.830. The standard InChI is InChI=1S/C10H12INO4S/c1-16-10(13)7-12(17(2,14)15)9-5-3-8(11)4-6-9/h3-6H,7H2,1-2H3. The highest BCUT2D eigenvalue weighted by molar-refractivity contribution is 14.1. The van der Waals surface area contributed by atoms with Crippen molar-refractivity contribution >= 4 is 44.3 Å². The highest BCUT2D eigenvalue weighted by Crippen LogP contribution is 2.18. The molecule has 5 nitrogen and oxygen atoms in total. The van der Waals surface area contributed by atoms with Crippen LogP contribution in [0.3, 0.4) is 0 Å². The molecule has 0 radical (unpaired) electrons. The number of esters is 1. The van der Waals surface area contributed by atoms with Crippen LogP contribution in [0.15, 0.2) is 24.3 Å². The summed E-state index contributed by atoms with van der Waals surface area (Å²) in [6.07, 6.45) is 1.05. The second kappa shape index (κ2) is 5.67. The van der Waals surface area contributed by atoms with Gasteiger partial charge in [-0.15, -0.1) is 0 Å². The van der Waals surface area contributed by atoms with Crippen LogP contribution in [0.5, 0.6) is 0 Å². The van der Waals surface area contributed by atoms with Gasteiger partial charge in [0.1, 0.15) is 6.54 Å². The Balaban J connectivity index is 3.07. The van der Waals surface area contributed by atoms with Gasteiger partial charge in [0.2, 0.25) is 10.0 Å². The minimum atomic E-state index is -3.51. The number of halogens is 1. The number of rotatable bonds is 4. The summed E-state index contributed by atoms with van der Waals surface area (Å²) in [5, 5.41) is 0. The number of nitrogens with zero attached hydrogens (tertiary/aromatic N) is 1. The van der Waals surface area contributed by atoms with Crippen molar-refractivity contribution in [2.75, 3.05) is 24.2 Å². The van der Waals surface area contributed by atoms with Crippen molar-refractivity contribution in [2.45, 2.75) is 0 Å². The zero-order chi connectivity index (χ0) is 13.1. The summed E-state index contributed by atoms with van der Waals surface area (Å²) in [7, 11) is -2.29. The van der Waals surface area contributed by atoms with Gasteiger partial charge in [-0.1, -0.05) is 0 Å². The molecule has 0 aliphatic heterocycles. The Bertz CT molecular complexity index is 498. The van der Waals surface area contributed by atoms with Crippen LogP contribution in [0.25, 0.3) is 0 Å². The van der Waals surface area contributed by atoms with Gasteiger partial charge < -0.3 is 4.74 Å². The third kappa shape index (κ3) is 4.15. The zero-order valence-electron chi connectivity index (χ0n) is 9.38. The molecule has 7 heteroatoms. The van der Waals surface area contributed by atoms with Crippen LogP contribution in [-0.2, 0) is 19.6 Å². The van der Waals surface area contributed by atoms with E-state index in [9.17, 15) is 13.2 Å². The van der Waals surface area contributed by atoms with E-state index < -0.39 is 16.0 Å². The maximum Gasteiger partial charge on any atom is 0.326 e. The largest absolute Gasteiger partial charge is 0.468 e. The number of hydrogen-bond donors (Lipinski definition) is 0. The SMILES string of the molecule is COC(=O)CN(c1ccc(I)cc1)S(C)(=O)=O. The Morgan fingerprint density at radius 1 is 1.35 bits per heavy atom. The fourth-order valence-electron chi connectivity index (χ4n) is 1.19. The van der Waals surface area contributed by atoms with E-state index in [2.05, 4.69) is 27.3 Å². The van der Waals surface area contributed by atoms with E-state index in [4.69, 9.17) is 0 Å². The Kier molecular flexibility index (Phi) is 4.75. The molecule has 94 valence electrons. The molecule has 1 rings (SSSR count). The van der Waals surface area contributed by atoms with Crippen molar-refractivity contribution in [1.29, 1.82) is 0 Å². The van der Waals surface area contributed by atoms with Gasteiger partial charge in [-0.3, -0.25) is 9.10 Å². The number of methoxy groups -OCH3 is 1. The second-order valence-electron chi connectivity index (χ2n) is 3.32.